The van der Waals surface area contributed by atoms with E-state index in [1.807, 2.05) is 37.5 Å². The Hall–Kier alpha value is -3.98. The molecule has 1 aliphatic carbocycles. The number of aryl methyl sites for hydroxylation is 1. The standard InChI is InChI=1S/C27H28N6O3/c1-32-12-14-33(15-13-32)27(35)36-31-26(34)18-8-6-17(7-9-18)25-20-5-3-2-4-19(20)24-21-16-28-30-22(21)10-11-23(24)29-25/h6-11,16H,2-5,12-15H2,1H3,(H,28,30)(H,31,34). The first-order valence-electron chi connectivity index (χ1n) is 12.4. The number of hydroxylamine groups is 1. The number of nitrogens with zero attached hydrogens (tertiary/aromatic N) is 4. The highest BCUT2D eigenvalue weighted by Crippen LogP contribution is 2.37. The van der Waals surface area contributed by atoms with E-state index in [0.29, 0.717) is 18.7 Å². The molecule has 9 nitrogen and oxygen atoms in total. The maximum Gasteiger partial charge on any atom is 0.434 e. The van der Waals surface area contributed by atoms with Gasteiger partial charge in [-0.05, 0) is 68.1 Å². The van der Waals surface area contributed by atoms with E-state index in [4.69, 9.17) is 9.82 Å². The molecule has 0 bridgehead atoms. The smallest absolute Gasteiger partial charge is 0.321 e. The van der Waals surface area contributed by atoms with Crippen molar-refractivity contribution in [3.8, 4) is 11.3 Å². The molecular formula is C27H28N6O3. The molecule has 6 rings (SSSR count). The van der Waals surface area contributed by atoms with Gasteiger partial charge in [-0.15, -0.1) is 0 Å². The van der Waals surface area contributed by atoms with E-state index in [1.54, 1.807) is 17.0 Å². The molecule has 1 fully saturated rings. The number of amides is 2. The van der Waals surface area contributed by atoms with Crippen LogP contribution >= 0.6 is 0 Å². The molecule has 0 saturated carbocycles. The van der Waals surface area contributed by atoms with Crippen molar-refractivity contribution in [2.45, 2.75) is 25.7 Å². The molecule has 9 heteroatoms. The number of hydrogen-bond donors (Lipinski definition) is 2. The monoisotopic (exact) mass is 484 g/mol. The van der Waals surface area contributed by atoms with E-state index < -0.39 is 12.0 Å². The highest BCUT2D eigenvalue weighted by Gasteiger charge is 2.23. The third-order valence-electron chi connectivity index (χ3n) is 7.30. The first kappa shape index (κ1) is 22.5. The summed E-state index contributed by atoms with van der Waals surface area (Å²) in [5, 5.41) is 9.61. The molecule has 0 radical (unpaired) electrons. The van der Waals surface area contributed by atoms with Gasteiger partial charge in [0.1, 0.15) is 0 Å². The van der Waals surface area contributed by atoms with E-state index in [9.17, 15) is 9.59 Å². The van der Waals surface area contributed by atoms with Crippen LogP contribution < -0.4 is 5.48 Å². The van der Waals surface area contributed by atoms with Crippen LogP contribution in [0.25, 0.3) is 33.1 Å². The van der Waals surface area contributed by atoms with Crippen molar-refractivity contribution in [2.75, 3.05) is 33.2 Å². The van der Waals surface area contributed by atoms with Crippen LogP contribution in [0.4, 0.5) is 4.79 Å². The molecule has 36 heavy (non-hydrogen) atoms. The van der Waals surface area contributed by atoms with Crippen molar-refractivity contribution in [3.05, 3.63) is 59.3 Å². The second-order valence-corrected chi connectivity index (χ2v) is 9.58. The van der Waals surface area contributed by atoms with Gasteiger partial charge in [0, 0.05) is 48.1 Å². The Morgan fingerprint density at radius 1 is 0.972 bits per heavy atom. The summed E-state index contributed by atoms with van der Waals surface area (Å²) in [6.45, 7) is 2.72. The largest absolute Gasteiger partial charge is 0.434 e. The Morgan fingerprint density at radius 3 is 2.50 bits per heavy atom. The molecule has 4 aromatic rings. The number of likely N-dealkylation sites (N-methyl/N-ethyl adjacent to an activating group) is 1. The Labute approximate surface area is 208 Å². The lowest BCUT2D eigenvalue weighted by Gasteiger charge is -2.31. The number of pyridine rings is 1. The molecule has 184 valence electrons. The summed E-state index contributed by atoms with van der Waals surface area (Å²) >= 11 is 0. The lowest BCUT2D eigenvalue weighted by molar-refractivity contribution is 0.0349. The Kier molecular flexibility index (Phi) is 5.77. The molecule has 3 heterocycles. The van der Waals surface area contributed by atoms with Crippen LogP contribution in [0.2, 0.25) is 0 Å². The number of rotatable bonds is 2. The fourth-order valence-electron chi connectivity index (χ4n) is 5.27. The number of nitrogens with one attached hydrogen (secondary N) is 2. The summed E-state index contributed by atoms with van der Waals surface area (Å²) in [5.41, 5.74) is 9.24. The minimum atomic E-state index is -0.535. The summed E-state index contributed by atoms with van der Waals surface area (Å²) in [6.07, 6.45) is 5.64. The molecule has 0 atom stereocenters. The first-order valence-corrected chi connectivity index (χ1v) is 12.4. The van der Waals surface area contributed by atoms with Crippen LogP contribution in [-0.2, 0) is 17.7 Å². The normalized spacial score (nSPS) is 16.2. The minimum absolute atomic E-state index is 0.416. The van der Waals surface area contributed by atoms with Crippen LogP contribution in [0.5, 0.6) is 0 Å². The second-order valence-electron chi connectivity index (χ2n) is 9.58. The summed E-state index contributed by atoms with van der Waals surface area (Å²) in [4.78, 5) is 38.7. The van der Waals surface area contributed by atoms with Gasteiger partial charge in [0.25, 0.3) is 5.91 Å². The van der Waals surface area contributed by atoms with Crippen LogP contribution in [0.15, 0.2) is 42.6 Å². The summed E-state index contributed by atoms with van der Waals surface area (Å²) in [5.74, 6) is -0.458. The number of H-pyrrole nitrogens is 1. The molecule has 1 aliphatic heterocycles. The van der Waals surface area contributed by atoms with Gasteiger partial charge in [0.15, 0.2) is 0 Å². The molecule has 2 amide bonds. The number of hydrogen-bond acceptors (Lipinski definition) is 6. The van der Waals surface area contributed by atoms with Crippen molar-refractivity contribution in [3.63, 3.8) is 0 Å². The SMILES string of the molecule is CN1CCN(C(=O)ONC(=O)c2ccc(-c3nc4ccc5[nH]ncc5c4c4c3CCCC4)cc2)CC1. The van der Waals surface area contributed by atoms with Gasteiger partial charge >= 0.3 is 6.09 Å². The number of fused-ring (bicyclic) bond motifs is 5. The highest BCUT2D eigenvalue weighted by atomic mass is 16.7. The van der Waals surface area contributed by atoms with E-state index in [1.165, 1.54) is 16.5 Å². The van der Waals surface area contributed by atoms with Crippen molar-refractivity contribution in [1.29, 1.82) is 0 Å². The fourth-order valence-corrected chi connectivity index (χ4v) is 5.27. The quantitative estimate of drug-likeness (QED) is 0.421. The van der Waals surface area contributed by atoms with Crippen molar-refractivity contribution in [1.82, 2.24) is 30.5 Å². The van der Waals surface area contributed by atoms with Crippen molar-refractivity contribution < 1.29 is 14.4 Å². The zero-order chi connectivity index (χ0) is 24.6. The molecule has 2 aromatic heterocycles. The van der Waals surface area contributed by atoms with Crippen LogP contribution in [-0.4, -0.2) is 70.2 Å². The predicted molar refractivity (Wildman–Crippen MR) is 136 cm³/mol. The van der Waals surface area contributed by atoms with Gasteiger partial charge in [-0.25, -0.2) is 9.78 Å². The average molecular weight is 485 g/mol. The zero-order valence-electron chi connectivity index (χ0n) is 20.2. The van der Waals surface area contributed by atoms with Crippen molar-refractivity contribution >= 4 is 33.8 Å². The Balaban J connectivity index is 1.24. The fraction of sp³-hybridized carbons (Fsp3) is 0.333. The number of carbonyl (C=O) groups excluding carboxylic acids is 2. The topological polar surface area (TPSA) is 103 Å². The maximum atomic E-state index is 12.6. The van der Waals surface area contributed by atoms with Gasteiger partial charge < -0.3 is 14.6 Å². The number of carbonyl (C=O) groups is 2. The number of piperazine rings is 1. The Bertz CT molecular complexity index is 1450. The van der Waals surface area contributed by atoms with Gasteiger partial charge in [0.05, 0.1) is 22.9 Å². The van der Waals surface area contributed by atoms with Crippen molar-refractivity contribution in [2.24, 2.45) is 0 Å². The molecule has 2 aromatic carbocycles. The molecule has 2 aliphatic rings. The maximum absolute atomic E-state index is 12.6. The van der Waals surface area contributed by atoms with E-state index in [2.05, 4.69) is 20.6 Å². The number of benzene rings is 2. The molecule has 1 saturated heterocycles. The van der Waals surface area contributed by atoms with Gasteiger partial charge in [-0.2, -0.15) is 10.6 Å². The van der Waals surface area contributed by atoms with Gasteiger partial charge in [0.2, 0.25) is 0 Å². The van der Waals surface area contributed by atoms with E-state index >= 15 is 0 Å². The first-order chi connectivity index (χ1) is 17.6. The lowest BCUT2D eigenvalue weighted by Crippen LogP contribution is -2.48. The minimum Gasteiger partial charge on any atom is -0.321 e. The summed E-state index contributed by atoms with van der Waals surface area (Å²) in [7, 11) is 2.01. The van der Waals surface area contributed by atoms with Crippen LogP contribution in [0, 0.1) is 0 Å². The Morgan fingerprint density at radius 2 is 1.72 bits per heavy atom. The molecule has 0 spiro atoms. The second kappa shape index (κ2) is 9.23. The van der Waals surface area contributed by atoms with Gasteiger partial charge in [-0.3, -0.25) is 9.89 Å². The third-order valence-corrected chi connectivity index (χ3v) is 7.30. The van der Waals surface area contributed by atoms with Crippen LogP contribution in [0.1, 0.15) is 34.3 Å². The lowest BCUT2D eigenvalue weighted by atomic mass is 9.85. The third kappa shape index (κ3) is 4.05. The highest BCUT2D eigenvalue weighted by molar-refractivity contribution is 6.07. The number of aromatic nitrogens is 3. The number of aromatic amines is 1. The average Bonchev–Trinajstić information content (AvgIpc) is 3.40. The predicted octanol–water partition coefficient (Wildman–Crippen LogP) is 3.69. The molecule has 0 unspecified atom stereocenters. The molecule has 2 N–H and O–H groups in total. The van der Waals surface area contributed by atoms with E-state index in [-0.39, 0.29) is 0 Å². The molecular weight excluding hydrogens is 456 g/mol. The summed E-state index contributed by atoms with van der Waals surface area (Å²) < 4.78 is 0. The van der Waals surface area contributed by atoms with Crippen LogP contribution in [0.3, 0.4) is 0 Å². The van der Waals surface area contributed by atoms with Gasteiger partial charge in [-0.1, -0.05) is 12.1 Å². The summed E-state index contributed by atoms with van der Waals surface area (Å²) in [6, 6.07) is 11.4. The zero-order valence-corrected chi connectivity index (χ0v) is 20.2. The van der Waals surface area contributed by atoms with E-state index in [0.717, 1.165) is 66.4 Å².